The maximum absolute atomic E-state index is 13.2. The first kappa shape index (κ1) is 18.8. The summed E-state index contributed by atoms with van der Waals surface area (Å²) in [5.74, 6) is 0.799. The molecule has 2 aliphatic heterocycles. The third-order valence-electron chi connectivity index (χ3n) is 5.59. The van der Waals surface area contributed by atoms with Crippen molar-refractivity contribution in [2.75, 3.05) is 30.8 Å². The second-order valence-electron chi connectivity index (χ2n) is 7.36. The Kier molecular flexibility index (Phi) is 4.79. The molecule has 0 bridgehead atoms. The van der Waals surface area contributed by atoms with Crippen molar-refractivity contribution in [2.24, 2.45) is 0 Å². The lowest BCUT2D eigenvalue weighted by atomic mass is 10.0. The molecule has 2 aromatic rings. The first-order valence-electron chi connectivity index (χ1n) is 9.44. The number of anilines is 1. The van der Waals surface area contributed by atoms with Gasteiger partial charge in [-0.1, -0.05) is 12.1 Å². The van der Waals surface area contributed by atoms with Gasteiger partial charge in [0.15, 0.2) is 0 Å². The summed E-state index contributed by atoms with van der Waals surface area (Å²) in [4.78, 5) is 15.1. The Morgan fingerprint density at radius 2 is 1.86 bits per heavy atom. The van der Waals surface area contributed by atoms with Gasteiger partial charge < -0.3 is 9.64 Å². The first-order valence-corrected chi connectivity index (χ1v) is 11.3. The quantitative estimate of drug-likeness (QED) is 0.791. The molecule has 0 aliphatic carbocycles. The number of fused-ring (bicyclic) bond motifs is 1. The van der Waals surface area contributed by atoms with E-state index in [1.165, 1.54) is 10.6 Å². The SMILES string of the molecule is COc1ccc([C@@H]2CCCN2C(=O)c2ccc3c(c2)CCN3S(C)(=O)=O)cc1. The second-order valence-corrected chi connectivity index (χ2v) is 9.27. The molecule has 2 heterocycles. The van der Waals surface area contributed by atoms with Crippen molar-refractivity contribution in [1.82, 2.24) is 4.90 Å². The van der Waals surface area contributed by atoms with Crippen LogP contribution in [0.5, 0.6) is 5.75 Å². The van der Waals surface area contributed by atoms with Crippen LogP contribution in [0.2, 0.25) is 0 Å². The molecule has 1 amide bonds. The fraction of sp³-hybridized carbons (Fsp3) is 0.381. The highest BCUT2D eigenvalue weighted by atomic mass is 32.2. The predicted molar refractivity (Wildman–Crippen MR) is 108 cm³/mol. The van der Waals surface area contributed by atoms with Crippen LogP contribution in [-0.2, 0) is 16.4 Å². The molecule has 1 saturated heterocycles. The number of sulfonamides is 1. The van der Waals surface area contributed by atoms with Gasteiger partial charge in [0.05, 0.1) is 25.1 Å². The first-order chi connectivity index (χ1) is 13.4. The normalized spacial score (nSPS) is 19.0. The highest BCUT2D eigenvalue weighted by Gasteiger charge is 2.32. The van der Waals surface area contributed by atoms with Crippen LogP contribution in [0.4, 0.5) is 5.69 Å². The van der Waals surface area contributed by atoms with Crippen molar-refractivity contribution >= 4 is 21.6 Å². The number of amides is 1. The van der Waals surface area contributed by atoms with Gasteiger partial charge in [0.1, 0.15) is 5.75 Å². The highest BCUT2D eigenvalue weighted by Crippen LogP contribution is 2.35. The summed E-state index contributed by atoms with van der Waals surface area (Å²) < 4.78 is 30.5. The number of carbonyl (C=O) groups is 1. The Labute approximate surface area is 165 Å². The molecule has 148 valence electrons. The molecule has 0 spiro atoms. The van der Waals surface area contributed by atoms with Gasteiger partial charge in [-0.2, -0.15) is 0 Å². The molecule has 7 heteroatoms. The van der Waals surface area contributed by atoms with E-state index in [0.717, 1.165) is 36.3 Å². The molecule has 0 saturated carbocycles. The number of likely N-dealkylation sites (tertiary alicyclic amines) is 1. The van der Waals surface area contributed by atoms with Crippen molar-refractivity contribution in [2.45, 2.75) is 25.3 Å². The van der Waals surface area contributed by atoms with E-state index >= 15 is 0 Å². The van der Waals surface area contributed by atoms with E-state index in [9.17, 15) is 13.2 Å². The number of hydrogen-bond donors (Lipinski definition) is 0. The number of methoxy groups -OCH3 is 1. The molecule has 4 rings (SSSR count). The molecule has 28 heavy (non-hydrogen) atoms. The maximum atomic E-state index is 13.2. The third-order valence-corrected chi connectivity index (χ3v) is 6.77. The van der Waals surface area contributed by atoms with Gasteiger partial charge in [-0.3, -0.25) is 9.10 Å². The van der Waals surface area contributed by atoms with Gasteiger partial charge in [-0.25, -0.2) is 8.42 Å². The average Bonchev–Trinajstić information content (AvgIpc) is 3.33. The van der Waals surface area contributed by atoms with Crippen LogP contribution in [-0.4, -0.2) is 45.7 Å². The van der Waals surface area contributed by atoms with Crippen molar-refractivity contribution in [3.05, 3.63) is 59.2 Å². The van der Waals surface area contributed by atoms with Crippen LogP contribution in [0.3, 0.4) is 0 Å². The zero-order valence-electron chi connectivity index (χ0n) is 16.1. The molecule has 1 fully saturated rings. The molecule has 2 aromatic carbocycles. The van der Waals surface area contributed by atoms with E-state index < -0.39 is 10.0 Å². The summed E-state index contributed by atoms with van der Waals surface area (Å²) in [6.45, 7) is 1.16. The number of nitrogens with zero attached hydrogens (tertiary/aromatic N) is 2. The van der Waals surface area contributed by atoms with Gasteiger partial charge in [-0.15, -0.1) is 0 Å². The Balaban J connectivity index is 1.59. The second kappa shape index (κ2) is 7.13. The van der Waals surface area contributed by atoms with Crippen molar-refractivity contribution in [3.63, 3.8) is 0 Å². The standard InChI is InChI=1S/C21H24N2O4S/c1-27-18-8-5-15(6-9-18)19-4-3-12-22(19)21(24)17-7-10-20-16(14-17)11-13-23(20)28(2,25)26/h5-10,14,19H,3-4,11-13H2,1-2H3/t19-/m0/s1. The predicted octanol–water partition coefficient (Wildman–Crippen LogP) is 2.99. The van der Waals surface area contributed by atoms with E-state index in [4.69, 9.17) is 4.74 Å². The Morgan fingerprint density at radius 3 is 2.54 bits per heavy atom. The Hall–Kier alpha value is -2.54. The molecule has 2 aliphatic rings. The van der Waals surface area contributed by atoms with Gasteiger partial charge >= 0.3 is 0 Å². The zero-order chi connectivity index (χ0) is 19.9. The van der Waals surface area contributed by atoms with Crippen LogP contribution in [0.25, 0.3) is 0 Å². The van der Waals surface area contributed by atoms with Crippen molar-refractivity contribution < 1.29 is 17.9 Å². The van der Waals surface area contributed by atoms with E-state index in [2.05, 4.69) is 0 Å². The smallest absolute Gasteiger partial charge is 0.254 e. The van der Waals surface area contributed by atoms with Gasteiger partial charge in [0.2, 0.25) is 10.0 Å². The fourth-order valence-electron chi connectivity index (χ4n) is 4.20. The van der Waals surface area contributed by atoms with E-state index in [0.29, 0.717) is 24.2 Å². The zero-order valence-corrected chi connectivity index (χ0v) is 16.9. The maximum Gasteiger partial charge on any atom is 0.254 e. The van der Waals surface area contributed by atoms with Crippen LogP contribution < -0.4 is 9.04 Å². The van der Waals surface area contributed by atoms with E-state index in [1.54, 1.807) is 19.2 Å². The summed E-state index contributed by atoms with van der Waals surface area (Å²) in [7, 11) is -1.65. The Morgan fingerprint density at radius 1 is 1.11 bits per heavy atom. The Bertz CT molecular complexity index is 1000. The minimum absolute atomic E-state index is 0.000997. The summed E-state index contributed by atoms with van der Waals surface area (Å²) >= 11 is 0. The van der Waals surface area contributed by atoms with Gasteiger partial charge in [-0.05, 0) is 60.7 Å². The lowest BCUT2D eigenvalue weighted by molar-refractivity contribution is 0.0735. The number of carbonyl (C=O) groups excluding carboxylic acids is 1. The highest BCUT2D eigenvalue weighted by molar-refractivity contribution is 7.92. The van der Waals surface area contributed by atoms with Crippen LogP contribution >= 0.6 is 0 Å². The van der Waals surface area contributed by atoms with Gasteiger partial charge in [0.25, 0.3) is 5.91 Å². The van der Waals surface area contributed by atoms with Gasteiger partial charge in [0, 0.05) is 18.7 Å². The minimum Gasteiger partial charge on any atom is -0.497 e. The molecule has 1 atom stereocenters. The monoisotopic (exact) mass is 400 g/mol. The summed E-state index contributed by atoms with van der Waals surface area (Å²) in [6.07, 6.45) is 3.75. The van der Waals surface area contributed by atoms with Crippen LogP contribution in [0, 0.1) is 0 Å². The van der Waals surface area contributed by atoms with E-state index in [-0.39, 0.29) is 11.9 Å². The lowest BCUT2D eigenvalue weighted by Crippen LogP contribution is -2.30. The molecular weight excluding hydrogens is 376 g/mol. The number of ether oxygens (including phenoxy) is 1. The number of rotatable bonds is 4. The van der Waals surface area contributed by atoms with Crippen molar-refractivity contribution in [3.8, 4) is 5.75 Å². The molecular formula is C21H24N2O4S. The van der Waals surface area contributed by atoms with Crippen LogP contribution in [0.15, 0.2) is 42.5 Å². The van der Waals surface area contributed by atoms with Crippen molar-refractivity contribution in [1.29, 1.82) is 0 Å². The lowest BCUT2D eigenvalue weighted by Gasteiger charge is -2.25. The summed E-state index contributed by atoms with van der Waals surface area (Å²) in [5.41, 5.74) is 3.33. The number of benzene rings is 2. The fourth-order valence-corrected chi connectivity index (χ4v) is 5.16. The topological polar surface area (TPSA) is 66.9 Å². The van der Waals surface area contributed by atoms with E-state index in [1.807, 2.05) is 35.2 Å². The molecule has 0 unspecified atom stereocenters. The molecule has 0 N–H and O–H groups in total. The molecule has 6 nitrogen and oxygen atoms in total. The largest absolute Gasteiger partial charge is 0.497 e. The van der Waals surface area contributed by atoms with Crippen LogP contribution in [0.1, 0.15) is 40.4 Å². The molecule has 0 radical (unpaired) electrons. The minimum atomic E-state index is -3.29. The summed E-state index contributed by atoms with van der Waals surface area (Å²) in [5, 5.41) is 0. The molecule has 0 aromatic heterocycles. The summed E-state index contributed by atoms with van der Waals surface area (Å²) in [6, 6.07) is 13.3. The third kappa shape index (κ3) is 3.35. The average molecular weight is 401 g/mol. The number of hydrogen-bond acceptors (Lipinski definition) is 4.